The minimum atomic E-state index is -0.178. The Morgan fingerprint density at radius 3 is 2.24 bits per heavy atom. The van der Waals surface area contributed by atoms with Gasteiger partial charge in [-0.1, -0.05) is 30.3 Å². The molecule has 0 radical (unpaired) electrons. The van der Waals surface area contributed by atoms with Crippen molar-refractivity contribution in [3.63, 3.8) is 0 Å². The Bertz CT molecular complexity index is 652. The van der Waals surface area contributed by atoms with Crippen LogP contribution in [0.25, 0.3) is 0 Å². The van der Waals surface area contributed by atoms with Gasteiger partial charge in [0.2, 0.25) is 0 Å². The third-order valence-electron chi connectivity index (χ3n) is 3.95. The van der Waals surface area contributed by atoms with E-state index in [2.05, 4.69) is 22.8 Å². The molecule has 5 heteroatoms. The zero-order chi connectivity index (χ0) is 18.1. The zero-order valence-corrected chi connectivity index (χ0v) is 15.0. The van der Waals surface area contributed by atoms with Crippen molar-refractivity contribution in [1.29, 1.82) is 0 Å². The molecule has 0 heterocycles. The number of carbonyl (C=O) groups excluding carboxylic acids is 1. The molecule has 134 valence electrons. The molecule has 0 spiro atoms. The Kier molecular flexibility index (Phi) is 7.14. The first-order chi connectivity index (χ1) is 12.1. The average molecular weight is 342 g/mol. The summed E-state index contributed by atoms with van der Waals surface area (Å²) < 4.78 is 10.5. The highest BCUT2D eigenvalue weighted by Gasteiger charge is 2.08. The smallest absolute Gasteiger partial charge is 0.315 e. The normalized spacial score (nSPS) is 11.5. The Balaban J connectivity index is 1.78. The number of methoxy groups -OCH3 is 2. The molecule has 0 aliphatic carbocycles. The van der Waals surface area contributed by atoms with Crippen molar-refractivity contribution in [2.75, 3.05) is 14.2 Å². The van der Waals surface area contributed by atoms with Crippen molar-refractivity contribution in [3.05, 3.63) is 59.7 Å². The highest BCUT2D eigenvalue weighted by Crippen LogP contribution is 2.22. The zero-order valence-electron chi connectivity index (χ0n) is 15.0. The maximum Gasteiger partial charge on any atom is 0.315 e. The van der Waals surface area contributed by atoms with Crippen LogP contribution in [0.2, 0.25) is 0 Å². The van der Waals surface area contributed by atoms with E-state index >= 15 is 0 Å². The summed E-state index contributed by atoms with van der Waals surface area (Å²) >= 11 is 0. The van der Waals surface area contributed by atoms with Crippen molar-refractivity contribution in [2.24, 2.45) is 0 Å². The Hall–Kier alpha value is -2.69. The van der Waals surface area contributed by atoms with Crippen LogP contribution in [0.3, 0.4) is 0 Å². The summed E-state index contributed by atoms with van der Waals surface area (Å²) in [5, 5.41) is 5.83. The van der Waals surface area contributed by atoms with Crippen LogP contribution >= 0.6 is 0 Å². The van der Waals surface area contributed by atoms with Gasteiger partial charge in [-0.3, -0.25) is 0 Å². The minimum Gasteiger partial charge on any atom is -0.497 e. The standard InChI is InChI=1S/C20H26N2O3/c1-15(9-10-16-7-5-4-6-8-16)22-20(23)21-14-17-11-18(24-2)13-19(12-17)25-3/h4-8,11-13,15H,9-10,14H2,1-3H3,(H2,21,22,23). The first-order valence-corrected chi connectivity index (χ1v) is 8.41. The van der Waals surface area contributed by atoms with Crippen LogP contribution in [-0.2, 0) is 13.0 Å². The maximum absolute atomic E-state index is 12.1. The molecule has 1 atom stereocenters. The highest BCUT2D eigenvalue weighted by molar-refractivity contribution is 5.74. The summed E-state index contributed by atoms with van der Waals surface area (Å²) in [5.41, 5.74) is 2.20. The van der Waals surface area contributed by atoms with E-state index < -0.39 is 0 Å². The number of amides is 2. The van der Waals surface area contributed by atoms with Crippen molar-refractivity contribution in [3.8, 4) is 11.5 Å². The number of urea groups is 1. The minimum absolute atomic E-state index is 0.0973. The molecular formula is C20H26N2O3. The predicted molar refractivity (Wildman–Crippen MR) is 99.1 cm³/mol. The van der Waals surface area contributed by atoms with Gasteiger partial charge in [-0.05, 0) is 43.0 Å². The summed E-state index contributed by atoms with van der Waals surface area (Å²) in [7, 11) is 3.21. The fourth-order valence-corrected chi connectivity index (χ4v) is 2.53. The molecule has 1 unspecified atom stereocenters. The van der Waals surface area contributed by atoms with Crippen LogP contribution in [0.4, 0.5) is 4.79 Å². The van der Waals surface area contributed by atoms with E-state index in [0.29, 0.717) is 18.0 Å². The van der Waals surface area contributed by atoms with E-state index in [1.165, 1.54) is 5.56 Å². The molecule has 2 N–H and O–H groups in total. The molecule has 0 saturated heterocycles. The van der Waals surface area contributed by atoms with Gasteiger partial charge in [-0.15, -0.1) is 0 Å². The van der Waals surface area contributed by atoms with E-state index in [-0.39, 0.29) is 12.1 Å². The average Bonchev–Trinajstić information content (AvgIpc) is 2.65. The topological polar surface area (TPSA) is 59.6 Å². The fourth-order valence-electron chi connectivity index (χ4n) is 2.53. The van der Waals surface area contributed by atoms with Gasteiger partial charge in [0.15, 0.2) is 0 Å². The fraction of sp³-hybridized carbons (Fsp3) is 0.350. The largest absolute Gasteiger partial charge is 0.497 e. The van der Waals surface area contributed by atoms with Gasteiger partial charge in [0, 0.05) is 18.7 Å². The number of benzene rings is 2. The Labute approximate surface area is 149 Å². The third kappa shape index (κ3) is 6.37. The van der Waals surface area contributed by atoms with Gasteiger partial charge >= 0.3 is 6.03 Å². The van der Waals surface area contributed by atoms with Gasteiger partial charge in [0.1, 0.15) is 11.5 Å². The number of rotatable bonds is 8. The van der Waals surface area contributed by atoms with E-state index in [9.17, 15) is 4.79 Å². The molecule has 0 fully saturated rings. The first kappa shape index (κ1) is 18.6. The molecule has 0 bridgehead atoms. The molecule has 0 aliphatic rings. The van der Waals surface area contributed by atoms with Gasteiger partial charge in [0.05, 0.1) is 14.2 Å². The SMILES string of the molecule is COc1cc(CNC(=O)NC(C)CCc2ccccc2)cc(OC)c1. The molecule has 0 saturated carbocycles. The molecular weight excluding hydrogens is 316 g/mol. The summed E-state index contributed by atoms with van der Waals surface area (Å²) in [4.78, 5) is 12.1. The lowest BCUT2D eigenvalue weighted by atomic mass is 10.1. The molecule has 5 nitrogen and oxygen atoms in total. The lowest BCUT2D eigenvalue weighted by Crippen LogP contribution is -2.40. The summed E-state index contributed by atoms with van der Waals surface area (Å²) in [5.74, 6) is 1.40. The number of ether oxygens (including phenoxy) is 2. The Morgan fingerprint density at radius 2 is 1.64 bits per heavy atom. The van der Waals surface area contributed by atoms with Crippen LogP contribution in [0.1, 0.15) is 24.5 Å². The molecule has 2 aromatic rings. The number of aryl methyl sites for hydroxylation is 1. The second-order valence-electron chi connectivity index (χ2n) is 5.97. The van der Waals surface area contributed by atoms with Gasteiger partial charge < -0.3 is 20.1 Å². The molecule has 2 rings (SSSR count). The van der Waals surface area contributed by atoms with Crippen molar-refractivity contribution >= 4 is 6.03 Å². The van der Waals surface area contributed by atoms with Crippen LogP contribution in [0, 0.1) is 0 Å². The van der Waals surface area contributed by atoms with Crippen molar-refractivity contribution in [1.82, 2.24) is 10.6 Å². The number of carbonyl (C=O) groups is 1. The monoisotopic (exact) mass is 342 g/mol. The van der Waals surface area contributed by atoms with Crippen LogP contribution in [0.15, 0.2) is 48.5 Å². The summed E-state index contributed by atoms with van der Waals surface area (Å²) in [6.45, 7) is 2.42. The predicted octanol–water partition coefficient (Wildman–Crippen LogP) is 3.52. The van der Waals surface area contributed by atoms with E-state index in [4.69, 9.17) is 9.47 Å². The second-order valence-corrected chi connectivity index (χ2v) is 5.97. The number of hydrogen-bond acceptors (Lipinski definition) is 3. The number of nitrogens with one attached hydrogen (secondary N) is 2. The Morgan fingerprint density at radius 1 is 1.00 bits per heavy atom. The lowest BCUT2D eigenvalue weighted by Gasteiger charge is -2.15. The quantitative estimate of drug-likeness (QED) is 0.772. The van der Waals surface area contributed by atoms with E-state index in [1.807, 2.05) is 37.3 Å². The summed E-state index contributed by atoms with van der Waals surface area (Å²) in [6, 6.07) is 15.7. The molecule has 25 heavy (non-hydrogen) atoms. The van der Waals surface area contributed by atoms with Crippen LogP contribution < -0.4 is 20.1 Å². The van der Waals surface area contributed by atoms with Crippen molar-refractivity contribution < 1.29 is 14.3 Å². The van der Waals surface area contributed by atoms with Crippen LogP contribution in [-0.4, -0.2) is 26.3 Å². The third-order valence-corrected chi connectivity index (χ3v) is 3.95. The maximum atomic E-state index is 12.1. The molecule has 2 amide bonds. The summed E-state index contributed by atoms with van der Waals surface area (Å²) in [6.07, 6.45) is 1.83. The van der Waals surface area contributed by atoms with Gasteiger partial charge in [0.25, 0.3) is 0 Å². The van der Waals surface area contributed by atoms with Crippen molar-refractivity contribution in [2.45, 2.75) is 32.4 Å². The molecule has 0 aromatic heterocycles. The van der Waals surface area contributed by atoms with E-state index in [0.717, 1.165) is 18.4 Å². The van der Waals surface area contributed by atoms with E-state index in [1.54, 1.807) is 20.3 Å². The van der Waals surface area contributed by atoms with Gasteiger partial charge in [-0.25, -0.2) is 4.79 Å². The lowest BCUT2D eigenvalue weighted by molar-refractivity contribution is 0.236. The molecule has 2 aromatic carbocycles. The second kappa shape index (κ2) is 9.57. The highest BCUT2D eigenvalue weighted by atomic mass is 16.5. The van der Waals surface area contributed by atoms with Crippen LogP contribution in [0.5, 0.6) is 11.5 Å². The number of hydrogen-bond donors (Lipinski definition) is 2. The first-order valence-electron chi connectivity index (χ1n) is 8.41. The van der Waals surface area contributed by atoms with Gasteiger partial charge in [-0.2, -0.15) is 0 Å². The molecule has 0 aliphatic heterocycles.